The van der Waals surface area contributed by atoms with Gasteiger partial charge in [0.05, 0.1) is 13.4 Å². The van der Waals surface area contributed by atoms with Gasteiger partial charge in [0.2, 0.25) is 5.91 Å². The number of rotatable bonds is 4. The molecular formula is C22H27N3O5. The molecule has 0 atom stereocenters. The van der Waals surface area contributed by atoms with E-state index in [9.17, 15) is 14.4 Å². The van der Waals surface area contributed by atoms with Crippen molar-refractivity contribution in [1.29, 1.82) is 0 Å². The molecule has 0 spiro atoms. The fourth-order valence-electron chi connectivity index (χ4n) is 4.50. The number of carbonyl (C=O) groups excluding carboxylic acids is 3. The van der Waals surface area contributed by atoms with Gasteiger partial charge in [-0.3, -0.25) is 9.59 Å². The Bertz CT molecular complexity index is 888. The molecule has 0 N–H and O–H groups in total. The fraction of sp³-hybridized carbons (Fsp3) is 0.500. The van der Waals surface area contributed by atoms with E-state index in [2.05, 4.69) is 0 Å². The second kappa shape index (κ2) is 8.77. The van der Waals surface area contributed by atoms with E-state index < -0.39 is 0 Å². The number of aromatic nitrogens is 1. The molecule has 0 unspecified atom stereocenters. The van der Waals surface area contributed by atoms with Crippen molar-refractivity contribution in [2.24, 2.45) is 5.92 Å². The molecule has 2 aliphatic heterocycles. The predicted octanol–water partition coefficient (Wildman–Crippen LogP) is 2.58. The molecule has 2 aliphatic rings. The first-order valence-electron chi connectivity index (χ1n) is 10.4. The summed E-state index contributed by atoms with van der Waals surface area (Å²) in [6.07, 6.45) is 6.36. The highest BCUT2D eigenvalue weighted by atomic mass is 16.5. The number of nitrogens with zero attached hydrogens (tertiary/aromatic N) is 3. The number of esters is 1. The monoisotopic (exact) mass is 413 g/mol. The fourth-order valence-corrected chi connectivity index (χ4v) is 4.50. The van der Waals surface area contributed by atoms with E-state index in [-0.39, 0.29) is 29.7 Å². The minimum absolute atomic E-state index is 0.0422. The van der Waals surface area contributed by atoms with Crippen LogP contribution in [0.4, 0.5) is 0 Å². The minimum Gasteiger partial charge on any atom is -0.464 e. The predicted molar refractivity (Wildman–Crippen MR) is 108 cm³/mol. The molecule has 0 aromatic carbocycles. The number of ether oxygens (including phenoxy) is 1. The third-order valence-corrected chi connectivity index (χ3v) is 6.21. The van der Waals surface area contributed by atoms with Crippen LogP contribution < -0.4 is 0 Å². The second-order valence-corrected chi connectivity index (χ2v) is 7.89. The van der Waals surface area contributed by atoms with Crippen LogP contribution in [0.3, 0.4) is 0 Å². The molecule has 8 nitrogen and oxygen atoms in total. The molecule has 2 aromatic heterocycles. The van der Waals surface area contributed by atoms with E-state index >= 15 is 0 Å². The van der Waals surface area contributed by atoms with Crippen molar-refractivity contribution in [3.8, 4) is 0 Å². The lowest BCUT2D eigenvalue weighted by Crippen LogP contribution is -2.46. The van der Waals surface area contributed by atoms with E-state index in [1.54, 1.807) is 23.1 Å². The number of hydrogen-bond acceptors (Lipinski definition) is 5. The molecule has 0 aliphatic carbocycles. The van der Waals surface area contributed by atoms with Gasteiger partial charge >= 0.3 is 5.97 Å². The van der Waals surface area contributed by atoms with Gasteiger partial charge in [-0.1, -0.05) is 0 Å². The highest BCUT2D eigenvalue weighted by Gasteiger charge is 2.33. The number of hydrogen-bond donors (Lipinski definition) is 0. The Morgan fingerprint density at radius 3 is 2.30 bits per heavy atom. The van der Waals surface area contributed by atoms with Crippen LogP contribution in [0.5, 0.6) is 0 Å². The smallest absolute Gasteiger partial charge is 0.354 e. The van der Waals surface area contributed by atoms with Crippen LogP contribution in [-0.4, -0.2) is 65.4 Å². The van der Waals surface area contributed by atoms with Gasteiger partial charge in [0.15, 0.2) is 5.76 Å². The lowest BCUT2D eigenvalue weighted by Gasteiger charge is -2.37. The van der Waals surface area contributed by atoms with Gasteiger partial charge in [-0.05, 0) is 49.9 Å². The summed E-state index contributed by atoms with van der Waals surface area (Å²) in [5, 5.41) is 0. The maximum absolute atomic E-state index is 13.0. The molecule has 0 bridgehead atoms. The van der Waals surface area contributed by atoms with Gasteiger partial charge < -0.3 is 23.5 Å². The molecule has 2 amide bonds. The zero-order valence-electron chi connectivity index (χ0n) is 17.2. The molecule has 4 rings (SSSR count). The Morgan fingerprint density at radius 1 is 0.967 bits per heavy atom. The summed E-state index contributed by atoms with van der Waals surface area (Å²) in [5.74, 6) is 0.0334. The standard InChI is InChI=1S/C22H27N3O5/c1-29-22(28)18-4-2-10-25(18)17-8-13-23(14-9-17)20(26)16-6-11-24(12-7-16)21(27)19-5-3-15-30-19/h2-5,10,15-17H,6-9,11-14H2,1H3. The zero-order valence-corrected chi connectivity index (χ0v) is 17.2. The maximum atomic E-state index is 13.0. The highest BCUT2D eigenvalue weighted by Crippen LogP contribution is 2.28. The molecular weight excluding hydrogens is 386 g/mol. The van der Waals surface area contributed by atoms with Gasteiger partial charge in [0.1, 0.15) is 5.69 Å². The highest BCUT2D eigenvalue weighted by molar-refractivity contribution is 5.91. The van der Waals surface area contributed by atoms with Crippen LogP contribution in [0.2, 0.25) is 0 Å². The Hall–Kier alpha value is -3.03. The van der Waals surface area contributed by atoms with Crippen molar-refractivity contribution >= 4 is 17.8 Å². The summed E-state index contributed by atoms with van der Waals surface area (Å²) in [4.78, 5) is 41.0. The SMILES string of the molecule is COC(=O)c1cccn1C1CCN(C(=O)C2CCN(C(=O)c3ccco3)CC2)CC1. The molecule has 160 valence electrons. The van der Waals surface area contributed by atoms with Crippen LogP contribution >= 0.6 is 0 Å². The van der Waals surface area contributed by atoms with E-state index in [1.165, 1.54) is 13.4 Å². The van der Waals surface area contributed by atoms with E-state index in [4.69, 9.17) is 9.15 Å². The molecule has 4 heterocycles. The Labute approximate surface area is 175 Å². The molecule has 0 saturated carbocycles. The van der Waals surface area contributed by atoms with Crippen LogP contribution in [0.1, 0.15) is 52.8 Å². The Morgan fingerprint density at radius 2 is 1.67 bits per heavy atom. The van der Waals surface area contributed by atoms with Gasteiger partial charge in [0, 0.05) is 44.3 Å². The summed E-state index contributed by atoms with van der Waals surface area (Å²) >= 11 is 0. The third-order valence-electron chi connectivity index (χ3n) is 6.21. The third kappa shape index (κ3) is 3.99. The molecule has 30 heavy (non-hydrogen) atoms. The van der Waals surface area contributed by atoms with Crippen LogP contribution in [-0.2, 0) is 9.53 Å². The second-order valence-electron chi connectivity index (χ2n) is 7.89. The summed E-state index contributed by atoms with van der Waals surface area (Å²) in [5.41, 5.74) is 0.552. The van der Waals surface area contributed by atoms with Gasteiger partial charge in [-0.25, -0.2) is 4.79 Å². The number of amides is 2. The van der Waals surface area contributed by atoms with Crippen molar-refractivity contribution < 1.29 is 23.5 Å². The van der Waals surface area contributed by atoms with Gasteiger partial charge in [0.25, 0.3) is 5.91 Å². The first-order valence-corrected chi connectivity index (χ1v) is 10.4. The normalized spacial score (nSPS) is 18.4. The first-order chi connectivity index (χ1) is 14.6. The van der Waals surface area contributed by atoms with Crippen LogP contribution in [0.25, 0.3) is 0 Å². The quantitative estimate of drug-likeness (QED) is 0.720. The maximum Gasteiger partial charge on any atom is 0.354 e. The van der Waals surface area contributed by atoms with Crippen LogP contribution in [0.15, 0.2) is 41.1 Å². The molecule has 2 fully saturated rings. The molecule has 0 radical (unpaired) electrons. The van der Waals surface area contributed by atoms with E-state index in [0.717, 1.165) is 12.8 Å². The Balaban J connectivity index is 1.29. The molecule has 8 heteroatoms. The number of likely N-dealkylation sites (tertiary alicyclic amines) is 2. The van der Waals surface area contributed by atoms with Gasteiger partial charge in [-0.2, -0.15) is 0 Å². The van der Waals surface area contributed by atoms with E-state index in [1.807, 2.05) is 21.7 Å². The van der Waals surface area contributed by atoms with Gasteiger partial charge in [-0.15, -0.1) is 0 Å². The largest absolute Gasteiger partial charge is 0.464 e. The number of carbonyl (C=O) groups is 3. The summed E-state index contributed by atoms with van der Waals surface area (Å²) in [6, 6.07) is 7.17. The zero-order chi connectivity index (χ0) is 21.1. The summed E-state index contributed by atoms with van der Waals surface area (Å²) in [7, 11) is 1.38. The number of furan rings is 1. The van der Waals surface area contributed by atoms with Crippen molar-refractivity contribution in [3.05, 3.63) is 48.2 Å². The average Bonchev–Trinajstić information content (AvgIpc) is 3.50. The number of methoxy groups -OCH3 is 1. The molecule has 2 saturated heterocycles. The molecule has 2 aromatic rings. The average molecular weight is 413 g/mol. The van der Waals surface area contributed by atoms with Crippen LogP contribution in [0, 0.1) is 5.92 Å². The summed E-state index contributed by atoms with van der Waals surface area (Å²) in [6.45, 7) is 2.48. The van der Waals surface area contributed by atoms with E-state index in [0.29, 0.717) is 50.5 Å². The topological polar surface area (TPSA) is 85.0 Å². The number of piperidine rings is 2. The Kier molecular flexibility index (Phi) is 5.92. The van der Waals surface area contributed by atoms with Crippen molar-refractivity contribution in [2.75, 3.05) is 33.3 Å². The lowest BCUT2D eigenvalue weighted by molar-refractivity contribution is -0.138. The van der Waals surface area contributed by atoms with Crippen molar-refractivity contribution in [2.45, 2.75) is 31.7 Å². The van der Waals surface area contributed by atoms with Crippen molar-refractivity contribution in [1.82, 2.24) is 14.4 Å². The lowest BCUT2D eigenvalue weighted by atomic mass is 9.93. The summed E-state index contributed by atoms with van der Waals surface area (Å²) < 4.78 is 12.0. The minimum atomic E-state index is -0.339. The first kappa shape index (κ1) is 20.3. The van der Waals surface area contributed by atoms with Crippen molar-refractivity contribution in [3.63, 3.8) is 0 Å².